The third-order valence-electron chi connectivity index (χ3n) is 2.11. The summed E-state index contributed by atoms with van der Waals surface area (Å²) in [5, 5.41) is 1.03. The molecule has 0 aliphatic rings. The number of nitrogens with zero attached hydrogens (tertiary/aromatic N) is 3. The van der Waals surface area contributed by atoms with Crippen LogP contribution in [0.5, 0.6) is 0 Å². The van der Waals surface area contributed by atoms with Gasteiger partial charge < -0.3 is 0 Å². The lowest BCUT2D eigenvalue weighted by molar-refractivity contribution is 0.740. The normalized spacial score (nSPS) is 10.5. The Morgan fingerprint density at radius 2 is 2.27 bits per heavy atom. The van der Waals surface area contributed by atoms with E-state index in [4.69, 9.17) is 0 Å². The highest BCUT2D eigenvalue weighted by molar-refractivity contribution is 7.11. The molecule has 2 rings (SSSR count). The van der Waals surface area contributed by atoms with E-state index in [1.165, 1.54) is 12.3 Å². The Bertz CT molecular complexity index is 529. The lowest BCUT2D eigenvalue weighted by Gasteiger charge is -2.01. The van der Waals surface area contributed by atoms with Gasteiger partial charge >= 0.3 is 0 Å². The molecule has 0 saturated carbocycles. The highest BCUT2D eigenvalue weighted by Gasteiger charge is 2.05. The van der Waals surface area contributed by atoms with E-state index in [0.29, 0.717) is 6.54 Å². The van der Waals surface area contributed by atoms with Crippen molar-refractivity contribution in [3.8, 4) is 0 Å². The second-order valence-electron chi connectivity index (χ2n) is 3.29. The van der Waals surface area contributed by atoms with Gasteiger partial charge in [0.2, 0.25) is 0 Å². The summed E-state index contributed by atoms with van der Waals surface area (Å²) in [7, 11) is 0. The van der Waals surface area contributed by atoms with Crippen LogP contribution in [0.2, 0.25) is 0 Å². The summed E-state index contributed by atoms with van der Waals surface area (Å²) in [6.45, 7) is 4.48. The fourth-order valence-corrected chi connectivity index (χ4v) is 2.31. The zero-order chi connectivity index (χ0) is 10.8. The standard InChI is InChI=1S/C10H11N3OS/c1-7-9(15-8(2)12-7)5-13-6-11-4-3-10(13)14/h3-4,6H,5H2,1-2H3. The molecule has 4 nitrogen and oxygen atoms in total. The maximum absolute atomic E-state index is 11.4. The number of aryl methyl sites for hydroxylation is 2. The van der Waals surface area contributed by atoms with Crippen molar-refractivity contribution in [2.75, 3.05) is 0 Å². The highest BCUT2D eigenvalue weighted by Crippen LogP contribution is 2.17. The minimum absolute atomic E-state index is 0.0320. The van der Waals surface area contributed by atoms with Gasteiger partial charge in [-0.1, -0.05) is 0 Å². The van der Waals surface area contributed by atoms with E-state index >= 15 is 0 Å². The molecule has 0 bridgehead atoms. The van der Waals surface area contributed by atoms with Gasteiger partial charge in [0.1, 0.15) is 0 Å². The first-order valence-electron chi connectivity index (χ1n) is 4.60. The molecule has 5 heteroatoms. The maximum Gasteiger partial charge on any atom is 0.253 e. The van der Waals surface area contributed by atoms with Gasteiger partial charge in [-0.25, -0.2) is 9.97 Å². The fraction of sp³-hybridized carbons (Fsp3) is 0.300. The molecule has 0 atom stereocenters. The first kappa shape index (κ1) is 10.0. The zero-order valence-electron chi connectivity index (χ0n) is 8.60. The van der Waals surface area contributed by atoms with Gasteiger partial charge in [0.05, 0.1) is 23.6 Å². The smallest absolute Gasteiger partial charge is 0.253 e. The third-order valence-corrected chi connectivity index (χ3v) is 3.16. The quantitative estimate of drug-likeness (QED) is 0.769. The summed E-state index contributed by atoms with van der Waals surface area (Å²) < 4.78 is 1.58. The minimum atomic E-state index is -0.0320. The van der Waals surface area contributed by atoms with E-state index in [1.54, 1.807) is 22.2 Å². The molecule has 0 fully saturated rings. The SMILES string of the molecule is Cc1nc(C)c(Cn2cnccc2=O)s1. The average Bonchev–Trinajstić information content (AvgIpc) is 2.49. The van der Waals surface area contributed by atoms with E-state index in [-0.39, 0.29) is 5.56 Å². The minimum Gasteiger partial charge on any atom is -0.294 e. The maximum atomic E-state index is 11.4. The molecule has 78 valence electrons. The Hall–Kier alpha value is -1.49. The fourth-order valence-electron chi connectivity index (χ4n) is 1.37. The first-order valence-corrected chi connectivity index (χ1v) is 5.42. The predicted octanol–water partition coefficient (Wildman–Crippen LogP) is 1.36. The van der Waals surface area contributed by atoms with Crippen molar-refractivity contribution in [2.24, 2.45) is 0 Å². The molecule has 2 heterocycles. The predicted molar refractivity (Wildman–Crippen MR) is 59.2 cm³/mol. The van der Waals surface area contributed by atoms with Gasteiger partial charge in [0.25, 0.3) is 5.56 Å². The number of rotatable bonds is 2. The van der Waals surface area contributed by atoms with Crippen LogP contribution >= 0.6 is 11.3 Å². The Labute approximate surface area is 91.3 Å². The second-order valence-corrected chi connectivity index (χ2v) is 4.58. The van der Waals surface area contributed by atoms with Gasteiger partial charge in [0, 0.05) is 17.1 Å². The van der Waals surface area contributed by atoms with Crippen molar-refractivity contribution >= 4 is 11.3 Å². The van der Waals surface area contributed by atoms with Crippen LogP contribution < -0.4 is 5.56 Å². The van der Waals surface area contributed by atoms with E-state index in [9.17, 15) is 4.79 Å². The summed E-state index contributed by atoms with van der Waals surface area (Å²) in [6.07, 6.45) is 3.06. The zero-order valence-corrected chi connectivity index (χ0v) is 9.41. The lowest BCUT2D eigenvalue weighted by atomic mass is 10.4. The topological polar surface area (TPSA) is 47.8 Å². The van der Waals surface area contributed by atoms with Crippen molar-refractivity contribution < 1.29 is 0 Å². The summed E-state index contributed by atoms with van der Waals surface area (Å²) >= 11 is 1.62. The second kappa shape index (κ2) is 3.94. The molecule has 0 unspecified atom stereocenters. The number of thiazole rings is 1. The molecule has 0 aliphatic heterocycles. The Kier molecular flexibility index (Phi) is 2.64. The molecule has 2 aromatic rings. The highest BCUT2D eigenvalue weighted by atomic mass is 32.1. The summed E-state index contributed by atoms with van der Waals surface area (Å²) in [5.41, 5.74) is 0.962. The van der Waals surface area contributed by atoms with Gasteiger partial charge in [-0.2, -0.15) is 0 Å². The Morgan fingerprint density at radius 1 is 1.47 bits per heavy atom. The van der Waals surface area contributed by atoms with Gasteiger partial charge in [0.15, 0.2) is 0 Å². The van der Waals surface area contributed by atoms with Crippen LogP contribution in [-0.4, -0.2) is 14.5 Å². The van der Waals surface area contributed by atoms with Crippen molar-refractivity contribution in [2.45, 2.75) is 20.4 Å². The Morgan fingerprint density at radius 3 is 2.87 bits per heavy atom. The summed E-state index contributed by atoms with van der Waals surface area (Å²) in [5.74, 6) is 0. The molecule has 0 saturated heterocycles. The van der Waals surface area contributed by atoms with E-state index in [0.717, 1.165) is 15.6 Å². The van der Waals surface area contributed by atoms with Crippen LogP contribution in [0.15, 0.2) is 23.4 Å². The van der Waals surface area contributed by atoms with Crippen LogP contribution in [-0.2, 0) is 6.54 Å². The molecule has 0 amide bonds. The molecule has 2 aromatic heterocycles. The molecular formula is C10H11N3OS. The summed E-state index contributed by atoms with van der Waals surface area (Å²) in [6, 6.07) is 1.46. The van der Waals surface area contributed by atoms with Gasteiger partial charge in [-0.15, -0.1) is 11.3 Å². The van der Waals surface area contributed by atoms with Crippen LogP contribution in [0.25, 0.3) is 0 Å². The molecule has 0 spiro atoms. The average molecular weight is 221 g/mol. The largest absolute Gasteiger partial charge is 0.294 e. The van der Waals surface area contributed by atoms with Crippen LogP contribution in [0.3, 0.4) is 0 Å². The van der Waals surface area contributed by atoms with Gasteiger partial charge in [-0.3, -0.25) is 9.36 Å². The van der Waals surface area contributed by atoms with Crippen molar-refractivity contribution in [1.82, 2.24) is 14.5 Å². The number of hydrogen-bond donors (Lipinski definition) is 0. The first-order chi connectivity index (χ1) is 7.16. The van der Waals surface area contributed by atoms with Gasteiger partial charge in [-0.05, 0) is 13.8 Å². The van der Waals surface area contributed by atoms with E-state index in [1.807, 2.05) is 13.8 Å². The molecule has 0 aromatic carbocycles. The van der Waals surface area contributed by atoms with Crippen LogP contribution in [0.4, 0.5) is 0 Å². The van der Waals surface area contributed by atoms with Crippen LogP contribution in [0.1, 0.15) is 15.6 Å². The van der Waals surface area contributed by atoms with Crippen molar-refractivity contribution in [3.63, 3.8) is 0 Å². The Balaban J connectivity index is 2.34. The molecule has 0 radical (unpaired) electrons. The monoisotopic (exact) mass is 221 g/mol. The van der Waals surface area contributed by atoms with Crippen molar-refractivity contribution in [3.05, 3.63) is 44.5 Å². The van der Waals surface area contributed by atoms with Crippen LogP contribution in [0, 0.1) is 13.8 Å². The molecule has 0 aliphatic carbocycles. The molecule has 15 heavy (non-hydrogen) atoms. The summed E-state index contributed by atoms with van der Waals surface area (Å²) in [4.78, 5) is 20.8. The third kappa shape index (κ3) is 2.12. The van der Waals surface area contributed by atoms with E-state index < -0.39 is 0 Å². The van der Waals surface area contributed by atoms with Crippen molar-refractivity contribution in [1.29, 1.82) is 0 Å². The lowest BCUT2D eigenvalue weighted by Crippen LogP contribution is -2.19. The molecule has 0 N–H and O–H groups in total. The molecular weight excluding hydrogens is 210 g/mol. The number of aromatic nitrogens is 3. The number of hydrogen-bond acceptors (Lipinski definition) is 4. The van der Waals surface area contributed by atoms with E-state index in [2.05, 4.69) is 9.97 Å².